The summed E-state index contributed by atoms with van der Waals surface area (Å²) in [6.45, 7) is 1.26. The highest BCUT2D eigenvalue weighted by molar-refractivity contribution is 9.09. The lowest BCUT2D eigenvalue weighted by atomic mass is 9.99. The van der Waals surface area contributed by atoms with E-state index in [9.17, 15) is 37.5 Å². The fourth-order valence-corrected chi connectivity index (χ4v) is 9.82. The maximum atomic E-state index is 14.1. The Morgan fingerprint density at radius 1 is 0.563 bits per heavy atom. The average molecular weight is 1020 g/mol. The Bertz CT molecular complexity index is 3090. The summed E-state index contributed by atoms with van der Waals surface area (Å²) >= 11 is 3.10. The number of rotatable bonds is 11. The van der Waals surface area contributed by atoms with E-state index in [4.69, 9.17) is 5.10 Å². The van der Waals surface area contributed by atoms with Crippen LogP contribution in [0.2, 0.25) is 0 Å². The zero-order valence-electron chi connectivity index (χ0n) is 38.4. The fraction of sp³-hybridized carbons (Fsp3) is 0.259. The number of halogens is 3. The number of fused-ring (bicyclic) bond motifs is 4. The molecule has 360 valence electrons. The van der Waals surface area contributed by atoms with Crippen LogP contribution in [-0.2, 0) is 19.4 Å². The van der Waals surface area contributed by atoms with E-state index in [0.717, 1.165) is 76.5 Å². The van der Waals surface area contributed by atoms with Crippen molar-refractivity contribution >= 4 is 51.4 Å². The molecule has 0 unspecified atom stereocenters. The lowest BCUT2D eigenvalue weighted by Gasteiger charge is -2.26. The molecular formula is C54H47BrF2N8O6. The third kappa shape index (κ3) is 9.17. The van der Waals surface area contributed by atoms with E-state index in [2.05, 4.69) is 26.1 Å². The van der Waals surface area contributed by atoms with E-state index in [1.807, 2.05) is 70.5 Å². The van der Waals surface area contributed by atoms with Gasteiger partial charge in [0, 0.05) is 54.5 Å². The molecule has 2 aromatic heterocycles. The smallest absolute Gasteiger partial charge is 0.261 e. The molecule has 4 aromatic carbocycles. The van der Waals surface area contributed by atoms with Gasteiger partial charge in [-0.2, -0.15) is 10.2 Å². The van der Waals surface area contributed by atoms with E-state index in [1.54, 1.807) is 53.2 Å². The van der Waals surface area contributed by atoms with Crippen LogP contribution in [0.5, 0.6) is 0 Å². The number of nitrogens with zero attached hydrogens (tertiary/aromatic N) is 7. The van der Waals surface area contributed by atoms with Crippen LogP contribution in [0.3, 0.4) is 0 Å². The van der Waals surface area contributed by atoms with Gasteiger partial charge < -0.3 is 9.80 Å². The van der Waals surface area contributed by atoms with Crippen molar-refractivity contribution in [2.75, 3.05) is 31.5 Å². The molecule has 6 aliphatic rings. The van der Waals surface area contributed by atoms with E-state index in [1.165, 1.54) is 0 Å². The number of aromatic amines is 1. The van der Waals surface area contributed by atoms with E-state index in [-0.39, 0.29) is 60.2 Å². The number of benzene rings is 4. The number of carbonyl (C=O) groups is 6. The first-order valence-electron chi connectivity index (χ1n) is 23.5. The Kier molecular flexibility index (Phi) is 13.2. The maximum absolute atomic E-state index is 14.1. The van der Waals surface area contributed by atoms with Gasteiger partial charge in [-0.1, -0.05) is 101 Å². The molecule has 6 amide bonds. The first-order valence-corrected chi connectivity index (χ1v) is 24.6. The van der Waals surface area contributed by atoms with Crippen LogP contribution in [-0.4, -0.2) is 119 Å². The number of carbonyl (C=O) groups excluding carboxylic acids is 6. The number of amides is 6. The van der Waals surface area contributed by atoms with Gasteiger partial charge in [0.15, 0.2) is 0 Å². The highest BCUT2D eigenvalue weighted by Gasteiger charge is 2.42. The minimum absolute atomic E-state index is 0.0117. The van der Waals surface area contributed by atoms with Crippen molar-refractivity contribution in [3.63, 3.8) is 0 Å². The molecule has 4 aliphatic heterocycles. The van der Waals surface area contributed by atoms with E-state index < -0.39 is 11.8 Å². The van der Waals surface area contributed by atoms with Crippen molar-refractivity contribution in [1.29, 1.82) is 0 Å². The van der Waals surface area contributed by atoms with Gasteiger partial charge in [0.2, 0.25) is 0 Å². The molecule has 0 spiro atoms. The number of imide groups is 2. The molecule has 0 saturated heterocycles. The predicted octanol–water partition coefficient (Wildman–Crippen LogP) is 8.63. The van der Waals surface area contributed by atoms with Crippen LogP contribution in [0.15, 0.2) is 133 Å². The standard InChI is InChI=1S/C27H23FN4O3.C15H15N3O.C12H9BrFNO2/c28-14-17(15-31-25(33)20-8-4-5-9-21(20)26(31)34)16-32-24(18-6-2-1-3-7-18)23-22(29-32)12-13-30(27(23)35)19-10-11-19;19-15-13-12(8-9-18(15)11-6-7-11)16-17-14(13)10-4-2-1-3-5-10;13-5-8(6-14)7-15-11(16)9-3-1-2-4-10(9)12(15)17/h1-9,14,19H,10-13,15-16H2;1-5,11H,6-9H2,(H,16,17);1-4,6H,5,7H2/b17-14+;;8-6-. The largest absolute Gasteiger partial charge is 0.335 e. The molecule has 0 bridgehead atoms. The van der Waals surface area contributed by atoms with Gasteiger partial charge in [0.05, 0.1) is 82.8 Å². The lowest BCUT2D eigenvalue weighted by Crippen LogP contribution is -2.39. The van der Waals surface area contributed by atoms with Gasteiger partial charge in [-0.25, -0.2) is 8.78 Å². The molecule has 2 saturated carbocycles. The van der Waals surface area contributed by atoms with E-state index in [0.29, 0.717) is 76.4 Å². The topological polar surface area (TPSA) is 162 Å². The Morgan fingerprint density at radius 2 is 1.01 bits per heavy atom. The Hall–Kier alpha value is -7.66. The molecule has 17 heteroatoms. The van der Waals surface area contributed by atoms with Crippen molar-refractivity contribution in [2.45, 2.75) is 57.2 Å². The zero-order valence-corrected chi connectivity index (χ0v) is 40.0. The summed E-state index contributed by atoms with van der Waals surface area (Å²) in [6, 6.07) is 33.3. The monoisotopic (exact) mass is 1020 g/mol. The maximum Gasteiger partial charge on any atom is 0.261 e. The predicted molar refractivity (Wildman–Crippen MR) is 263 cm³/mol. The summed E-state index contributed by atoms with van der Waals surface area (Å²) in [5.41, 5.74) is 8.24. The highest BCUT2D eigenvalue weighted by Crippen LogP contribution is 2.37. The summed E-state index contributed by atoms with van der Waals surface area (Å²) in [7, 11) is 0. The summed E-state index contributed by atoms with van der Waals surface area (Å²) in [4.78, 5) is 81.5. The van der Waals surface area contributed by atoms with Gasteiger partial charge in [0.25, 0.3) is 35.4 Å². The van der Waals surface area contributed by atoms with Crippen molar-refractivity contribution in [2.24, 2.45) is 0 Å². The number of H-pyrrole nitrogens is 1. The normalized spacial score (nSPS) is 17.4. The Labute approximate surface area is 415 Å². The van der Waals surface area contributed by atoms with Crippen LogP contribution < -0.4 is 0 Å². The van der Waals surface area contributed by atoms with Crippen LogP contribution in [0, 0.1) is 0 Å². The lowest BCUT2D eigenvalue weighted by molar-refractivity contribution is 0.0651. The molecule has 71 heavy (non-hydrogen) atoms. The minimum atomic E-state index is -0.441. The van der Waals surface area contributed by atoms with Gasteiger partial charge >= 0.3 is 0 Å². The first kappa shape index (κ1) is 47.0. The van der Waals surface area contributed by atoms with Gasteiger partial charge in [-0.05, 0) is 61.1 Å². The molecule has 12 rings (SSSR count). The second kappa shape index (κ2) is 20.0. The van der Waals surface area contributed by atoms with Gasteiger partial charge in [-0.15, -0.1) is 0 Å². The molecule has 6 aromatic rings. The number of hydrogen-bond donors (Lipinski definition) is 1. The van der Waals surface area contributed by atoms with Crippen molar-refractivity contribution in [3.8, 4) is 22.5 Å². The molecule has 2 aliphatic carbocycles. The highest BCUT2D eigenvalue weighted by atomic mass is 79.9. The molecule has 2 fully saturated rings. The Balaban J connectivity index is 0.000000136. The number of alkyl halides is 1. The number of aromatic nitrogens is 4. The van der Waals surface area contributed by atoms with Gasteiger partial charge in [0.1, 0.15) is 5.69 Å². The molecule has 6 heterocycles. The van der Waals surface area contributed by atoms with Crippen LogP contribution in [0.1, 0.15) is 99.2 Å². The van der Waals surface area contributed by atoms with Crippen molar-refractivity contribution < 1.29 is 37.5 Å². The Morgan fingerprint density at radius 3 is 1.49 bits per heavy atom. The van der Waals surface area contributed by atoms with Crippen LogP contribution in [0.25, 0.3) is 22.5 Å². The van der Waals surface area contributed by atoms with Crippen molar-refractivity contribution in [3.05, 3.63) is 178 Å². The minimum Gasteiger partial charge on any atom is -0.335 e. The number of nitrogens with one attached hydrogen (secondary N) is 1. The molecule has 0 radical (unpaired) electrons. The molecule has 0 atom stereocenters. The van der Waals surface area contributed by atoms with Crippen LogP contribution in [0.4, 0.5) is 8.78 Å². The number of hydrogen-bond acceptors (Lipinski definition) is 8. The summed E-state index contributed by atoms with van der Waals surface area (Å²) in [6.07, 6.45) is 6.71. The summed E-state index contributed by atoms with van der Waals surface area (Å²) in [5, 5.41) is 12.4. The summed E-state index contributed by atoms with van der Waals surface area (Å²) in [5.74, 6) is -1.51. The quantitative estimate of drug-likeness (QED) is 0.0997. The van der Waals surface area contributed by atoms with Crippen molar-refractivity contribution in [1.82, 2.24) is 39.6 Å². The fourth-order valence-electron chi connectivity index (χ4n) is 9.52. The van der Waals surface area contributed by atoms with Gasteiger partial charge in [-0.3, -0.25) is 48.3 Å². The zero-order chi connectivity index (χ0) is 49.3. The summed E-state index contributed by atoms with van der Waals surface area (Å²) < 4.78 is 28.2. The first-order chi connectivity index (χ1) is 34.6. The van der Waals surface area contributed by atoms with Crippen LogP contribution >= 0.6 is 15.9 Å². The molecule has 14 nitrogen and oxygen atoms in total. The average Bonchev–Trinajstić information content (AvgIpc) is 4.33. The molecular weight excluding hydrogens is 975 g/mol. The second-order valence-electron chi connectivity index (χ2n) is 18.1. The molecule has 1 N–H and O–H groups in total. The SMILES string of the molecule is O=C1c2c(-c3ccccc3)n[nH]c2CCN1C1CC1.O=C1c2ccccc2C(=O)N1C/C(=C\F)CBr.O=C1c2ccccc2C(=O)N1C/C(=C\F)Cn1nc2c(c1-c1ccccc1)C(=O)N(C1CC1)CC2. The third-order valence-electron chi connectivity index (χ3n) is 13.4. The second-order valence-corrected chi connectivity index (χ2v) is 18.7. The van der Waals surface area contributed by atoms with E-state index >= 15 is 0 Å². The third-order valence-corrected chi connectivity index (χ3v) is 14.1.